The minimum atomic E-state index is -0.435. The van der Waals surface area contributed by atoms with Crippen molar-refractivity contribution < 1.29 is 13.9 Å². The van der Waals surface area contributed by atoms with E-state index in [1.807, 2.05) is 18.2 Å². The Hall–Kier alpha value is -2.90. The molecular weight excluding hydrogens is 371 g/mol. The van der Waals surface area contributed by atoms with Crippen LogP contribution in [-0.4, -0.2) is 47.0 Å². The summed E-state index contributed by atoms with van der Waals surface area (Å²) in [5, 5.41) is 0. The summed E-state index contributed by atoms with van der Waals surface area (Å²) in [5.41, 5.74) is 2.44. The van der Waals surface area contributed by atoms with E-state index in [0.29, 0.717) is 19.0 Å². The molecule has 2 aliphatic rings. The lowest BCUT2D eigenvalue weighted by molar-refractivity contribution is -0.169. The maximum Gasteiger partial charge on any atom is 0.171 e. The van der Waals surface area contributed by atoms with Crippen LogP contribution in [-0.2, 0) is 9.47 Å². The maximum absolute atomic E-state index is 13.4. The molecular formula is C22H21FN4O2. The average Bonchev–Trinajstić information content (AvgIpc) is 3.23. The van der Waals surface area contributed by atoms with E-state index in [1.165, 1.54) is 12.1 Å². The number of anilines is 1. The van der Waals surface area contributed by atoms with E-state index >= 15 is 0 Å². The highest BCUT2D eigenvalue weighted by molar-refractivity contribution is 5.67. The number of halogens is 1. The molecule has 2 saturated heterocycles. The van der Waals surface area contributed by atoms with Crippen molar-refractivity contribution in [1.82, 2.24) is 15.0 Å². The van der Waals surface area contributed by atoms with Crippen molar-refractivity contribution in [2.75, 3.05) is 31.2 Å². The van der Waals surface area contributed by atoms with E-state index in [9.17, 15) is 4.39 Å². The van der Waals surface area contributed by atoms with E-state index in [-0.39, 0.29) is 5.82 Å². The van der Waals surface area contributed by atoms with Crippen LogP contribution < -0.4 is 4.90 Å². The largest absolute Gasteiger partial charge is 0.356 e. The van der Waals surface area contributed by atoms with Gasteiger partial charge in [0.2, 0.25) is 0 Å². The topological polar surface area (TPSA) is 60.4 Å². The normalized spacial score (nSPS) is 18.3. The number of ether oxygens (including phenoxy) is 2. The molecule has 2 aromatic heterocycles. The van der Waals surface area contributed by atoms with Crippen molar-refractivity contribution in [2.24, 2.45) is 0 Å². The van der Waals surface area contributed by atoms with Gasteiger partial charge in [-0.05, 0) is 36.4 Å². The van der Waals surface area contributed by atoms with Crippen LogP contribution in [0.1, 0.15) is 12.8 Å². The van der Waals surface area contributed by atoms with Gasteiger partial charge in [-0.25, -0.2) is 14.4 Å². The van der Waals surface area contributed by atoms with Crippen LogP contribution in [0.2, 0.25) is 0 Å². The highest BCUT2D eigenvalue weighted by atomic mass is 19.1. The third kappa shape index (κ3) is 3.71. The molecule has 0 radical (unpaired) electrons. The molecule has 0 aliphatic carbocycles. The number of nitrogens with zero attached hydrogens (tertiary/aromatic N) is 4. The first kappa shape index (κ1) is 18.1. The van der Waals surface area contributed by atoms with Gasteiger partial charge in [0.15, 0.2) is 11.6 Å². The van der Waals surface area contributed by atoms with E-state index in [0.717, 1.165) is 48.6 Å². The zero-order chi connectivity index (χ0) is 19.7. The molecule has 0 N–H and O–H groups in total. The zero-order valence-electron chi connectivity index (χ0n) is 15.9. The van der Waals surface area contributed by atoms with E-state index < -0.39 is 5.79 Å². The second-order valence-corrected chi connectivity index (χ2v) is 7.28. The fourth-order valence-corrected chi connectivity index (χ4v) is 3.85. The number of aromatic nitrogens is 3. The summed E-state index contributed by atoms with van der Waals surface area (Å²) in [7, 11) is 0. The number of hydrogen-bond donors (Lipinski definition) is 0. The van der Waals surface area contributed by atoms with Gasteiger partial charge in [-0.15, -0.1) is 0 Å². The third-order valence-electron chi connectivity index (χ3n) is 5.44. The molecule has 7 heteroatoms. The van der Waals surface area contributed by atoms with Crippen molar-refractivity contribution in [3.05, 3.63) is 60.7 Å². The summed E-state index contributed by atoms with van der Waals surface area (Å²) in [4.78, 5) is 15.9. The quantitative estimate of drug-likeness (QED) is 0.678. The fraction of sp³-hybridized carbons (Fsp3) is 0.318. The number of rotatable bonds is 3. The second kappa shape index (κ2) is 7.50. The summed E-state index contributed by atoms with van der Waals surface area (Å²) in [6, 6.07) is 12.1. The third-order valence-corrected chi connectivity index (χ3v) is 5.44. The van der Waals surface area contributed by atoms with Crippen LogP contribution in [0.3, 0.4) is 0 Å². The molecule has 0 bridgehead atoms. The summed E-state index contributed by atoms with van der Waals surface area (Å²) < 4.78 is 25.1. The predicted octanol–water partition coefficient (Wildman–Crippen LogP) is 3.69. The van der Waals surface area contributed by atoms with Crippen LogP contribution in [0.25, 0.3) is 22.6 Å². The Kier molecular flexibility index (Phi) is 4.69. The van der Waals surface area contributed by atoms with Crippen LogP contribution >= 0.6 is 0 Å². The van der Waals surface area contributed by atoms with Crippen molar-refractivity contribution in [2.45, 2.75) is 18.6 Å². The molecule has 2 aliphatic heterocycles. The molecule has 29 heavy (non-hydrogen) atoms. The van der Waals surface area contributed by atoms with Crippen LogP contribution in [0.15, 0.2) is 54.9 Å². The Balaban J connectivity index is 1.50. The Morgan fingerprint density at radius 1 is 0.931 bits per heavy atom. The second-order valence-electron chi connectivity index (χ2n) is 7.28. The molecule has 4 heterocycles. The standard InChI is InChI=1S/C22H21FN4O2/c23-18-5-3-16(4-6-18)19-14-20(26-21(25-19)17-2-1-9-24-15-17)27-10-7-22(8-11-27)28-12-13-29-22/h1-6,9,14-15H,7-8,10-13H2. The van der Waals surface area contributed by atoms with Crippen LogP contribution in [0, 0.1) is 5.82 Å². The van der Waals surface area contributed by atoms with Gasteiger partial charge in [0, 0.05) is 55.5 Å². The number of piperidine rings is 1. The van der Waals surface area contributed by atoms with Crippen molar-refractivity contribution in [3.63, 3.8) is 0 Å². The summed E-state index contributed by atoms with van der Waals surface area (Å²) in [5.74, 6) is 0.734. The predicted molar refractivity (Wildman–Crippen MR) is 107 cm³/mol. The lowest BCUT2D eigenvalue weighted by Gasteiger charge is -2.38. The summed E-state index contributed by atoms with van der Waals surface area (Å²) >= 11 is 0. The molecule has 3 aromatic rings. The number of pyridine rings is 1. The van der Waals surface area contributed by atoms with Gasteiger partial charge < -0.3 is 14.4 Å². The van der Waals surface area contributed by atoms with Gasteiger partial charge in [-0.1, -0.05) is 0 Å². The first-order chi connectivity index (χ1) is 14.2. The fourth-order valence-electron chi connectivity index (χ4n) is 3.85. The molecule has 2 fully saturated rings. The minimum absolute atomic E-state index is 0.270. The molecule has 148 valence electrons. The molecule has 6 nitrogen and oxygen atoms in total. The Bertz CT molecular complexity index is 981. The lowest BCUT2D eigenvalue weighted by Crippen LogP contribution is -2.45. The Morgan fingerprint density at radius 3 is 2.38 bits per heavy atom. The van der Waals surface area contributed by atoms with Gasteiger partial charge in [0.25, 0.3) is 0 Å². The van der Waals surface area contributed by atoms with Crippen LogP contribution in [0.5, 0.6) is 0 Å². The molecule has 0 atom stereocenters. The van der Waals surface area contributed by atoms with Crippen molar-refractivity contribution in [1.29, 1.82) is 0 Å². The van der Waals surface area contributed by atoms with Gasteiger partial charge in [0.05, 0.1) is 18.9 Å². The van der Waals surface area contributed by atoms with E-state index in [1.54, 1.807) is 24.5 Å². The first-order valence-electron chi connectivity index (χ1n) is 9.79. The van der Waals surface area contributed by atoms with Gasteiger partial charge in [-0.2, -0.15) is 0 Å². The Morgan fingerprint density at radius 2 is 1.69 bits per heavy atom. The van der Waals surface area contributed by atoms with E-state index in [2.05, 4.69) is 9.88 Å². The smallest absolute Gasteiger partial charge is 0.171 e. The van der Waals surface area contributed by atoms with Crippen molar-refractivity contribution >= 4 is 5.82 Å². The zero-order valence-corrected chi connectivity index (χ0v) is 15.9. The lowest BCUT2D eigenvalue weighted by atomic mass is 10.0. The summed E-state index contributed by atoms with van der Waals surface area (Å²) in [6.45, 7) is 2.89. The maximum atomic E-state index is 13.4. The van der Waals surface area contributed by atoms with Gasteiger partial charge in [-0.3, -0.25) is 4.98 Å². The number of hydrogen-bond acceptors (Lipinski definition) is 6. The average molecular weight is 392 g/mol. The molecule has 1 aromatic carbocycles. The summed E-state index contributed by atoms with van der Waals surface area (Å²) in [6.07, 6.45) is 5.06. The van der Waals surface area contributed by atoms with E-state index in [4.69, 9.17) is 19.4 Å². The highest BCUT2D eigenvalue weighted by Crippen LogP contribution is 2.34. The molecule has 0 amide bonds. The van der Waals surface area contributed by atoms with Gasteiger partial charge >= 0.3 is 0 Å². The Labute approximate surface area is 168 Å². The SMILES string of the molecule is Fc1ccc(-c2cc(N3CCC4(CC3)OCCO4)nc(-c3cccnc3)n2)cc1. The molecule has 0 saturated carbocycles. The van der Waals surface area contributed by atoms with Gasteiger partial charge in [0.1, 0.15) is 11.6 Å². The van der Waals surface area contributed by atoms with Crippen molar-refractivity contribution in [3.8, 4) is 22.6 Å². The molecule has 0 unspecified atom stereocenters. The first-order valence-corrected chi connectivity index (χ1v) is 9.79. The minimum Gasteiger partial charge on any atom is -0.356 e. The monoisotopic (exact) mass is 392 g/mol. The number of benzene rings is 1. The highest BCUT2D eigenvalue weighted by Gasteiger charge is 2.40. The molecule has 5 rings (SSSR count). The van der Waals surface area contributed by atoms with Crippen LogP contribution in [0.4, 0.5) is 10.2 Å². The molecule has 1 spiro atoms.